The predicted octanol–water partition coefficient (Wildman–Crippen LogP) is 6.76. The second-order valence-electron chi connectivity index (χ2n) is 8.71. The first-order valence-electron chi connectivity index (χ1n) is 12.2. The Labute approximate surface area is 213 Å². The van der Waals surface area contributed by atoms with Gasteiger partial charge in [0.05, 0.1) is 0 Å². The third-order valence-corrected chi connectivity index (χ3v) is 5.87. The molecule has 0 heterocycles. The first kappa shape index (κ1) is 26.5. The Hall–Kier alpha value is -4.06. The summed E-state index contributed by atoms with van der Waals surface area (Å²) in [4.78, 5) is 25.5. The summed E-state index contributed by atoms with van der Waals surface area (Å²) in [6.45, 7) is 4.72. The van der Waals surface area contributed by atoms with E-state index in [2.05, 4.69) is 12.2 Å². The molecule has 2 amide bonds. The van der Waals surface area contributed by atoms with Crippen LogP contribution in [0, 0.1) is 0 Å². The molecule has 0 aliphatic rings. The number of amides is 2. The summed E-state index contributed by atoms with van der Waals surface area (Å²) >= 11 is 0. The van der Waals surface area contributed by atoms with Crippen molar-refractivity contribution in [2.24, 2.45) is 0 Å². The Kier molecular flexibility index (Phi) is 9.69. The summed E-state index contributed by atoms with van der Waals surface area (Å²) < 4.78 is 6.21. The van der Waals surface area contributed by atoms with Gasteiger partial charge in [-0.05, 0) is 54.3 Å². The van der Waals surface area contributed by atoms with E-state index in [4.69, 9.17) is 4.74 Å². The van der Waals surface area contributed by atoms with Crippen LogP contribution in [-0.4, -0.2) is 30.7 Å². The molecule has 0 spiro atoms. The van der Waals surface area contributed by atoms with Crippen molar-refractivity contribution in [3.8, 4) is 16.9 Å². The number of urea groups is 1. The number of aliphatic carboxylic acids is 1. The van der Waals surface area contributed by atoms with E-state index in [9.17, 15) is 14.7 Å². The smallest absolute Gasteiger partial charge is 0.331 e. The fourth-order valence-corrected chi connectivity index (χ4v) is 3.72. The molecular weight excluding hydrogens is 452 g/mol. The number of carboxylic acids is 1. The fraction of sp³-hybridized carbons (Fsp3) is 0.267. The van der Waals surface area contributed by atoms with E-state index in [-0.39, 0.29) is 11.6 Å². The standard InChI is InChI=1S/C30H34N2O4/c1-4-5-9-17-31-30(35)32(3)26-14-10-13-25(20-26)27-16-15-24(18-22(2)29(33)34)19-28(27)36-21-23-11-7-6-8-12-23/h6-8,10-16,18-20H,4-5,9,17,21H2,1-3H3,(H,31,35)(H,33,34)/b22-18+. The lowest BCUT2D eigenvalue weighted by atomic mass is 10.0. The number of ether oxygens (including phenoxy) is 1. The van der Waals surface area contributed by atoms with E-state index in [1.54, 1.807) is 24.9 Å². The molecule has 2 N–H and O–H groups in total. The number of hydrogen-bond donors (Lipinski definition) is 2. The van der Waals surface area contributed by atoms with E-state index in [1.807, 2.05) is 72.8 Å². The largest absolute Gasteiger partial charge is 0.488 e. The van der Waals surface area contributed by atoms with Gasteiger partial charge >= 0.3 is 12.0 Å². The van der Waals surface area contributed by atoms with E-state index < -0.39 is 5.97 Å². The minimum Gasteiger partial charge on any atom is -0.488 e. The van der Waals surface area contributed by atoms with Crippen molar-refractivity contribution in [1.29, 1.82) is 0 Å². The van der Waals surface area contributed by atoms with Crippen molar-refractivity contribution in [3.63, 3.8) is 0 Å². The molecule has 36 heavy (non-hydrogen) atoms. The van der Waals surface area contributed by atoms with Gasteiger partial charge < -0.3 is 15.2 Å². The molecule has 0 saturated carbocycles. The molecule has 0 bridgehead atoms. The average molecular weight is 487 g/mol. The van der Waals surface area contributed by atoms with Crippen LogP contribution < -0.4 is 15.0 Å². The van der Waals surface area contributed by atoms with Gasteiger partial charge in [0.25, 0.3) is 0 Å². The molecule has 188 valence electrons. The Balaban J connectivity index is 1.89. The van der Waals surface area contributed by atoms with Gasteiger partial charge in [-0.2, -0.15) is 0 Å². The summed E-state index contributed by atoms with van der Waals surface area (Å²) in [5, 5.41) is 12.2. The van der Waals surface area contributed by atoms with Gasteiger partial charge in [-0.25, -0.2) is 9.59 Å². The number of carboxylic acid groups (broad SMARTS) is 1. The maximum absolute atomic E-state index is 12.6. The Morgan fingerprint density at radius 1 is 1.00 bits per heavy atom. The number of carbonyl (C=O) groups is 2. The number of hydrogen-bond acceptors (Lipinski definition) is 3. The van der Waals surface area contributed by atoms with E-state index in [0.717, 1.165) is 47.2 Å². The molecule has 0 aromatic heterocycles. The minimum absolute atomic E-state index is 0.145. The average Bonchev–Trinajstić information content (AvgIpc) is 2.90. The minimum atomic E-state index is -0.963. The highest BCUT2D eigenvalue weighted by molar-refractivity contribution is 5.93. The molecule has 0 aliphatic carbocycles. The highest BCUT2D eigenvalue weighted by Gasteiger charge is 2.14. The molecule has 6 heteroatoms. The van der Waals surface area contributed by atoms with Crippen LogP contribution in [0.5, 0.6) is 5.75 Å². The summed E-state index contributed by atoms with van der Waals surface area (Å²) in [5.74, 6) is -0.329. The molecule has 0 atom stereocenters. The van der Waals surface area contributed by atoms with Crippen LogP contribution in [0.25, 0.3) is 17.2 Å². The summed E-state index contributed by atoms with van der Waals surface area (Å²) in [6.07, 6.45) is 4.77. The molecule has 0 radical (unpaired) electrons. The van der Waals surface area contributed by atoms with Crippen molar-refractivity contribution in [1.82, 2.24) is 5.32 Å². The number of benzene rings is 3. The maximum atomic E-state index is 12.6. The van der Waals surface area contributed by atoms with Crippen LogP contribution in [0.1, 0.15) is 44.2 Å². The number of carbonyl (C=O) groups excluding carboxylic acids is 1. The fourth-order valence-electron chi connectivity index (χ4n) is 3.72. The van der Waals surface area contributed by atoms with E-state index in [1.165, 1.54) is 0 Å². The summed E-state index contributed by atoms with van der Waals surface area (Å²) in [7, 11) is 1.75. The van der Waals surface area contributed by atoms with Crippen LogP contribution >= 0.6 is 0 Å². The summed E-state index contributed by atoms with van der Waals surface area (Å²) in [6, 6.07) is 23.1. The molecule has 0 aliphatic heterocycles. The quantitative estimate of drug-likeness (QED) is 0.232. The lowest BCUT2D eigenvalue weighted by Crippen LogP contribution is -2.37. The van der Waals surface area contributed by atoms with Gasteiger partial charge in [0.1, 0.15) is 12.4 Å². The van der Waals surface area contributed by atoms with Crippen LogP contribution in [-0.2, 0) is 11.4 Å². The van der Waals surface area contributed by atoms with Crippen LogP contribution in [0.2, 0.25) is 0 Å². The van der Waals surface area contributed by atoms with Crippen molar-refractivity contribution in [2.75, 3.05) is 18.5 Å². The van der Waals surface area contributed by atoms with Crippen molar-refractivity contribution >= 4 is 23.8 Å². The molecule has 3 rings (SSSR count). The second kappa shape index (κ2) is 13.1. The van der Waals surface area contributed by atoms with Crippen LogP contribution in [0.4, 0.5) is 10.5 Å². The highest BCUT2D eigenvalue weighted by Crippen LogP contribution is 2.34. The Bertz CT molecular complexity index is 1200. The van der Waals surface area contributed by atoms with Crippen LogP contribution in [0.3, 0.4) is 0 Å². The molecule has 3 aromatic carbocycles. The third kappa shape index (κ3) is 7.47. The van der Waals surface area contributed by atoms with Gasteiger partial charge in [0, 0.05) is 30.4 Å². The maximum Gasteiger partial charge on any atom is 0.331 e. The van der Waals surface area contributed by atoms with Crippen molar-refractivity contribution in [2.45, 2.75) is 39.7 Å². The topological polar surface area (TPSA) is 78.9 Å². The zero-order valence-electron chi connectivity index (χ0n) is 21.2. The van der Waals surface area contributed by atoms with Crippen molar-refractivity contribution < 1.29 is 19.4 Å². The molecule has 3 aromatic rings. The second-order valence-corrected chi connectivity index (χ2v) is 8.71. The summed E-state index contributed by atoms with van der Waals surface area (Å²) in [5.41, 5.74) is 4.52. The van der Waals surface area contributed by atoms with Gasteiger partial charge in [-0.3, -0.25) is 4.90 Å². The molecule has 0 saturated heterocycles. The lowest BCUT2D eigenvalue weighted by Gasteiger charge is -2.20. The predicted molar refractivity (Wildman–Crippen MR) is 145 cm³/mol. The lowest BCUT2D eigenvalue weighted by molar-refractivity contribution is -0.132. The third-order valence-electron chi connectivity index (χ3n) is 5.87. The Morgan fingerprint density at radius 3 is 2.50 bits per heavy atom. The first-order chi connectivity index (χ1) is 17.4. The van der Waals surface area contributed by atoms with Gasteiger partial charge in [-0.15, -0.1) is 0 Å². The first-order valence-corrected chi connectivity index (χ1v) is 12.2. The van der Waals surface area contributed by atoms with Gasteiger partial charge in [-0.1, -0.05) is 74.4 Å². The number of rotatable bonds is 11. The van der Waals surface area contributed by atoms with Gasteiger partial charge in [0.15, 0.2) is 0 Å². The zero-order valence-corrected chi connectivity index (χ0v) is 21.2. The van der Waals surface area contributed by atoms with Crippen molar-refractivity contribution in [3.05, 3.63) is 89.5 Å². The van der Waals surface area contributed by atoms with Crippen LogP contribution in [0.15, 0.2) is 78.4 Å². The monoisotopic (exact) mass is 486 g/mol. The number of anilines is 1. The van der Waals surface area contributed by atoms with E-state index >= 15 is 0 Å². The molecule has 0 unspecified atom stereocenters. The number of unbranched alkanes of at least 4 members (excludes halogenated alkanes) is 2. The highest BCUT2D eigenvalue weighted by atomic mass is 16.5. The zero-order chi connectivity index (χ0) is 25.9. The Morgan fingerprint density at radius 2 is 1.78 bits per heavy atom. The van der Waals surface area contributed by atoms with Gasteiger partial charge in [0.2, 0.25) is 0 Å². The SMILES string of the molecule is CCCCCNC(=O)N(C)c1cccc(-c2ccc(/C=C(\C)C(=O)O)cc2OCc2ccccc2)c1. The normalized spacial score (nSPS) is 11.1. The number of nitrogens with one attached hydrogen (secondary N) is 1. The molecule has 6 nitrogen and oxygen atoms in total. The molecular formula is C30H34N2O4. The molecule has 0 fully saturated rings. The number of nitrogens with zero attached hydrogens (tertiary/aromatic N) is 1. The van der Waals surface area contributed by atoms with E-state index in [0.29, 0.717) is 18.9 Å².